The zero-order valence-electron chi connectivity index (χ0n) is 13.7. The molecule has 1 heterocycles. The molecule has 0 radical (unpaired) electrons. The van der Waals surface area contributed by atoms with Gasteiger partial charge in [-0.1, -0.05) is 12.1 Å². The number of aliphatic carboxylic acids is 1. The molecule has 7 heteroatoms. The molecule has 1 aromatic carbocycles. The van der Waals surface area contributed by atoms with Gasteiger partial charge in [-0.25, -0.2) is 9.78 Å². The maximum absolute atomic E-state index is 12.1. The number of carboxylic acids is 1. The Labute approximate surface area is 140 Å². The van der Waals surface area contributed by atoms with Crippen LogP contribution in [-0.2, 0) is 22.4 Å². The number of nitrogens with zero attached hydrogens (tertiary/aromatic N) is 1. The summed E-state index contributed by atoms with van der Waals surface area (Å²) >= 11 is 0. The van der Waals surface area contributed by atoms with E-state index in [1.165, 1.54) is 13.3 Å². The van der Waals surface area contributed by atoms with Crippen LogP contribution in [0.4, 0.5) is 0 Å². The Balaban J connectivity index is 2.00. The fourth-order valence-corrected chi connectivity index (χ4v) is 2.36. The summed E-state index contributed by atoms with van der Waals surface area (Å²) in [5, 5.41) is 12.2. The van der Waals surface area contributed by atoms with Crippen LogP contribution in [0.2, 0.25) is 0 Å². The van der Waals surface area contributed by atoms with Crippen LogP contribution >= 0.6 is 0 Å². The van der Waals surface area contributed by atoms with Gasteiger partial charge in [-0.3, -0.25) is 4.79 Å². The minimum Gasteiger partial charge on any atom is -0.497 e. The number of amides is 1. The van der Waals surface area contributed by atoms with E-state index >= 15 is 0 Å². The van der Waals surface area contributed by atoms with Crippen molar-refractivity contribution in [2.45, 2.75) is 31.7 Å². The molecule has 0 aliphatic carbocycles. The zero-order valence-corrected chi connectivity index (χ0v) is 13.7. The van der Waals surface area contributed by atoms with E-state index in [4.69, 9.17) is 4.74 Å². The molecule has 3 N–H and O–H groups in total. The molecule has 128 valence electrons. The van der Waals surface area contributed by atoms with Crippen molar-refractivity contribution in [3.63, 3.8) is 0 Å². The lowest BCUT2D eigenvalue weighted by Gasteiger charge is -2.26. The predicted molar refractivity (Wildman–Crippen MR) is 87.8 cm³/mol. The molecule has 0 aliphatic heterocycles. The second kappa shape index (κ2) is 7.63. The van der Waals surface area contributed by atoms with E-state index in [0.29, 0.717) is 12.2 Å². The highest BCUT2D eigenvalue weighted by Crippen LogP contribution is 2.18. The molecule has 1 aromatic heterocycles. The summed E-state index contributed by atoms with van der Waals surface area (Å²) in [6.45, 7) is 1.51. The number of aromatic nitrogens is 2. The van der Waals surface area contributed by atoms with Crippen LogP contribution in [-0.4, -0.2) is 39.6 Å². The standard InChI is InChI=1S/C17H21N3O4/c1-17(16(22)23,9-12-3-6-14(24-2)7-4-12)20-15(21)8-5-13-10-18-11-19-13/h3-4,6-7,10-11H,5,8-9H2,1-2H3,(H,18,19)(H,20,21)(H,22,23)/t17-/m1/s1. The largest absolute Gasteiger partial charge is 0.497 e. The molecular weight excluding hydrogens is 310 g/mol. The van der Waals surface area contributed by atoms with Crippen molar-refractivity contribution in [1.82, 2.24) is 15.3 Å². The van der Waals surface area contributed by atoms with Crippen molar-refractivity contribution in [1.29, 1.82) is 0 Å². The Morgan fingerprint density at radius 1 is 1.33 bits per heavy atom. The smallest absolute Gasteiger partial charge is 0.329 e. The van der Waals surface area contributed by atoms with Crippen molar-refractivity contribution in [2.75, 3.05) is 7.11 Å². The predicted octanol–water partition coefficient (Wildman–Crippen LogP) is 1.55. The first-order valence-corrected chi connectivity index (χ1v) is 7.58. The highest BCUT2D eigenvalue weighted by Gasteiger charge is 2.34. The van der Waals surface area contributed by atoms with E-state index in [1.54, 1.807) is 37.6 Å². The van der Waals surface area contributed by atoms with Crippen LogP contribution < -0.4 is 10.1 Å². The molecule has 0 spiro atoms. The van der Waals surface area contributed by atoms with Crippen molar-refractivity contribution in [2.24, 2.45) is 0 Å². The van der Waals surface area contributed by atoms with E-state index in [0.717, 1.165) is 11.3 Å². The van der Waals surface area contributed by atoms with E-state index in [9.17, 15) is 14.7 Å². The van der Waals surface area contributed by atoms with E-state index in [1.807, 2.05) is 0 Å². The van der Waals surface area contributed by atoms with Gasteiger partial charge in [-0.15, -0.1) is 0 Å². The number of aromatic amines is 1. The first-order chi connectivity index (χ1) is 11.4. The van der Waals surface area contributed by atoms with Crippen molar-refractivity contribution in [3.05, 3.63) is 48.0 Å². The molecule has 0 aliphatic rings. The number of hydrogen-bond acceptors (Lipinski definition) is 4. The highest BCUT2D eigenvalue weighted by molar-refractivity contribution is 5.87. The summed E-state index contributed by atoms with van der Waals surface area (Å²) in [4.78, 5) is 30.6. The van der Waals surface area contributed by atoms with Gasteiger partial charge in [0, 0.05) is 19.0 Å². The highest BCUT2D eigenvalue weighted by atomic mass is 16.5. The maximum Gasteiger partial charge on any atom is 0.329 e. The van der Waals surface area contributed by atoms with Gasteiger partial charge in [0.1, 0.15) is 11.3 Å². The number of benzene rings is 1. The Bertz CT molecular complexity index is 682. The number of carbonyl (C=O) groups excluding carboxylic acids is 1. The third kappa shape index (κ3) is 4.58. The molecule has 2 aromatic rings. The van der Waals surface area contributed by atoms with Crippen molar-refractivity contribution < 1.29 is 19.4 Å². The lowest BCUT2D eigenvalue weighted by Crippen LogP contribution is -2.53. The lowest BCUT2D eigenvalue weighted by atomic mass is 9.92. The zero-order chi connectivity index (χ0) is 17.6. The number of imidazole rings is 1. The van der Waals surface area contributed by atoms with Gasteiger partial charge < -0.3 is 20.1 Å². The summed E-state index contributed by atoms with van der Waals surface area (Å²) in [6.07, 6.45) is 4.06. The molecule has 0 saturated carbocycles. The summed E-state index contributed by atoms with van der Waals surface area (Å²) in [5.41, 5.74) is 0.183. The molecule has 7 nitrogen and oxygen atoms in total. The minimum atomic E-state index is -1.38. The fourth-order valence-electron chi connectivity index (χ4n) is 2.36. The number of carbonyl (C=O) groups is 2. The van der Waals surface area contributed by atoms with Crippen LogP contribution in [0.15, 0.2) is 36.8 Å². The molecule has 24 heavy (non-hydrogen) atoms. The molecule has 0 unspecified atom stereocenters. The first kappa shape index (κ1) is 17.5. The van der Waals surface area contributed by atoms with Crippen LogP contribution in [0.5, 0.6) is 5.75 Å². The summed E-state index contributed by atoms with van der Waals surface area (Å²) in [5.74, 6) is -0.707. The third-order valence-electron chi connectivity index (χ3n) is 3.77. The van der Waals surface area contributed by atoms with Crippen LogP contribution in [0.25, 0.3) is 0 Å². The van der Waals surface area contributed by atoms with Gasteiger partial charge in [-0.2, -0.15) is 0 Å². The molecule has 0 bridgehead atoms. The van der Waals surface area contributed by atoms with Gasteiger partial charge in [0.2, 0.25) is 5.91 Å². The van der Waals surface area contributed by atoms with Crippen LogP contribution in [0.1, 0.15) is 24.6 Å². The van der Waals surface area contributed by atoms with Gasteiger partial charge in [0.15, 0.2) is 0 Å². The SMILES string of the molecule is COc1ccc(C[C@@](C)(NC(=O)CCc2c[nH]cn2)C(=O)O)cc1. The van der Waals surface area contributed by atoms with E-state index in [-0.39, 0.29) is 18.7 Å². The average molecular weight is 331 g/mol. The molecule has 0 fully saturated rings. The van der Waals surface area contributed by atoms with Gasteiger partial charge in [-0.05, 0) is 31.0 Å². The lowest BCUT2D eigenvalue weighted by molar-refractivity contribution is -0.146. The number of H-pyrrole nitrogens is 1. The van der Waals surface area contributed by atoms with Gasteiger partial charge in [0.05, 0.1) is 19.1 Å². The number of hydrogen-bond donors (Lipinski definition) is 3. The van der Waals surface area contributed by atoms with Gasteiger partial charge in [0.25, 0.3) is 0 Å². The normalized spacial score (nSPS) is 13.1. The fraction of sp³-hybridized carbons (Fsp3) is 0.353. The molecule has 1 atom stereocenters. The Morgan fingerprint density at radius 2 is 2.04 bits per heavy atom. The Morgan fingerprint density at radius 3 is 2.58 bits per heavy atom. The molecule has 2 rings (SSSR count). The van der Waals surface area contributed by atoms with Gasteiger partial charge >= 0.3 is 5.97 Å². The van der Waals surface area contributed by atoms with Crippen molar-refractivity contribution >= 4 is 11.9 Å². The number of rotatable bonds is 8. The monoisotopic (exact) mass is 331 g/mol. The number of aryl methyl sites for hydroxylation is 1. The second-order valence-electron chi connectivity index (χ2n) is 5.77. The third-order valence-corrected chi connectivity index (χ3v) is 3.77. The second-order valence-corrected chi connectivity index (χ2v) is 5.77. The topological polar surface area (TPSA) is 104 Å². The summed E-state index contributed by atoms with van der Waals surface area (Å²) in [7, 11) is 1.57. The van der Waals surface area contributed by atoms with Crippen LogP contribution in [0, 0.1) is 0 Å². The van der Waals surface area contributed by atoms with Crippen LogP contribution in [0.3, 0.4) is 0 Å². The molecular formula is C17H21N3O4. The molecule has 1 amide bonds. The maximum atomic E-state index is 12.1. The number of ether oxygens (including phenoxy) is 1. The van der Waals surface area contributed by atoms with Crippen molar-refractivity contribution in [3.8, 4) is 5.75 Å². The number of methoxy groups -OCH3 is 1. The molecule has 0 saturated heterocycles. The van der Waals surface area contributed by atoms with E-state index in [2.05, 4.69) is 15.3 Å². The Hall–Kier alpha value is -2.83. The van der Waals surface area contributed by atoms with E-state index < -0.39 is 11.5 Å². The Kier molecular flexibility index (Phi) is 5.57. The minimum absolute atomic E-state index is 0.177. The average Bonchev–Trinajstić information content (AvgIpc) is 3.07. The number of carboxylic acid groups (broad SMARTS) is 1. The first-order valence-electron chi connectivity index (χ1n) is 7.58. The quantitative estimate of drug-likeness (QED) is 0.681. The summed E-state index contributed by atoms with van der Waals surface area (Å²) < 4.78 is 5.08. The summed E-state index contributed by atoms with van der Waals surface area (Å²) in [6, 6.07) is 7.10. The number of nitrogens with one attached hydrogen (secondary N) is 2.